The molecule has 2 fully saturated rings. The highest BCUT2D eigenvalue weighted by Gasteiger charge is 2.28. The molecule has 0 unspecified atom stereocenters. The average molecular weight is 688 g/mol. The van der Waals surface area contributed by atoms with E-state index < -0.39 is 7.92 Å². The van der Waals surface area contributed by atoms with Crippen LogP contribution in [0.4, 0.5) is 28.8 Å². The lowest BCUT2D eigenvalue weighted by Crippen LogP contribution is -2.52. The maximum absolute atomic E-state index is 6.65. The van der Waals surface area contributed by atoms with Gasteiger partial charge in [0, 0.05) is 80.2 Å². The van der Waals surface area contributed by atoms with Crippen LogP contribution in [0.25, 0.3) is 11.1 Å². The van der Waals surface area contributed by atoms with Crippen molar-refractivity contribution < 1.29 is 4.74 Å². The van der Waals surface area contributed by atoms with Gasteiger partial charge in [-0.3, -0.25) is 4.90 Å². The SMILES string of the molecule is CCc1cc(Nc2ncc(Cl)c(Nc3ccc(-c4cncnc4C)cc3P(C)C)n2)c(OC)cc1N1CCC(N2CCN(C)CC2)CC1. The van der Waals surface area contributed by atoms with Crippen molar-refractivity contribution in [1.29, 1.82) is 0 Å². The van der Waals surface area contributed by atoms with Gasteiger partial charge in [0.1, 0.15) is 17.1 Å². The summed E-state index contributed by atoms with van der Waals surface area (Å²) in [6.45, 7) is 15.5. The number of nitrogens with zero attached hydrogens (tertiary/aromatic N) is 7. The van der Waals surface area contributed by atoms with Crippen molar-refractivity contribution >= 4 is 53.7 Å². The Hall–Kier alpha value is -3.56. The third kappa shape index (κ3) is 7.68. The van der Waals surface area contributed by atoms with Gasteiger partial charge in [0.15, 0.2) is 5.82 Å². The number of methoxy groups -OCH3 is 1. The van der Waals surface area contributed by atoms with Crippen LogP contribution in [-0.4, -0.2) is 103 Å². The number of anilines is 5. The molecule has 2 aromatic heterocycles. The Morgan fingerprint density at radius 2 is 1.73 bits per heavy atom. The molecule has 0 spiro atoms. The lowest BCUT2D eigenvalue weighted by atomic mass is 9.99. The number of ether oxygens (including phenoxy) is 1. The lowest BCUT2D eigenvalue weighted by molar-refractivity contribution is 0.0982. The van der Waals surface area contributed by atoms with Gasteiger partial charge in [-0.15, -0.1) is 0 Å². The van der Waals surface area contributed by atoms with E-state index >= 15 is 0 Å². The number of hydrogen-bond donors (Lipinski definition) is 2. The van der Waals surface area contributed by atoms with Crippen LogP contribution in [0.15, 0.2) is 49.1 Å². The Balaban J connectivity index is 1.20. The third-order valence-electron chi connectivity index (χ3n) is 9.59. The summed E-state index contributed by atoms with van der Waals surface area (Å²) in [5.74, 6) is 1.74. The van der Waals surface area contributed by atoms with E-state index in [1.165, 1.54) is 42.5 Å². The van der Waals surface area contributed by atoms with Crippen molar-refractivity contribution in [3.8, 4) is 16.9 Å². The van der Waals surface area contributed by atoms with Crippen molar-refractivity contribution in [3.63, 3.8) is 0 Å². The average Bonchev–Trinajstić information content (AvgIpc) is 3.10. The van der Waals surface area contributed by atoms with Crippen molar-refractivity contribution in [1.82, 2.24) is 29.7 Å². The van der Waals surface area contributed by atoms with E-state index in [0.29, 0.717) is 22.8 Å². The van der Waals surface area contributed by atoms with Gasteiger partial charge in [-0.1, -0.05) is 32.5 Å². The van der Waals surface area contributed by atoms with Gasteiger partial charge in [-0.05, 0) is 81.2 Å². The Kier molecular flexibility index (Phi) is 11.0. The van der Waals surface area contributed by atoms with E-state index in [1.54, 1.807) is 19.6 Å². The quantitative estimate of drug-likeness (QED) is 0.179. The van der Waals surface area contributed by atoms with Crippen LogP contribution in [0.5, 0.6) is 5.75 Å². The summed E-state index contributed by atoms with van der Waals surface area (Å²) < 4.78 is 5.92. The first-order valence-electron chi connectivity index (χ1n) is 16.8. The molecule has 2 aliphatic heterocycles. The molecule has 0 aliphatic carbocycles. The molecule has 2 N–H and O–H groups in total. The van der Waals surface area contributed by atoms with E-state index in [4.69, 9.17) is 21.3 Å². The monoisotopic (exact) mass is 687 g/mol. The van der Waals surface area contributed by atoms with Crippen LogP contribution < -0.4 is 25.6 Å². The fraction of sp³-hybridized carbons (Fsp3) is 0.444. The van der Waals surface area contributed by atoms with E-state index in [9.17, 15) is 0 Å². The summed E-state index contributed by atoms with van der Waals surface area (Å²) in [6, 6.07) is 11.4. The van der Waals surface area contributed by atoms with Crippen molar-refractivity contribution in [2.75, 3.05) is 82.3 Å². The molecule has 0 atom stereocenters. The zero-order chi connectivity index (χ0) is 33.8. The highest BCUT2D eigenvalue weighted by Crippen LogP contribution is 2.38. The zero-order valence-corrected chi connectivity index (χ0v) is 30.6. The van der Waals surface area contributed by atoms with Crippen LogP contribution >= 0.6 is 19.5 Å². The standard InChI is InChI=1S/C36H47ClN9OP/c1-7-25-18-31(33(47-4)20-32(25)46-12-10-27(11-13-46)45-16-14-44(3)15-17-45)42-36-39-22-29(37)35(43-36)41-30-9-8-26(19-34(30)48(5)6)28-21-38-23-40-24(28)2/h8-9,18-23,27H,7,10-17H2,1-6H3,(H2,39,41,42,43). The fourth-order valence-corrected chi connectivity index (χ4v) is 7.88. The van der Waals surface area contributed by atoms with E-state index in [-0.39, 0.29) is 0 Å². The molecule has 4 aromatic rings. The minimum Gasteiger partial charge on any atom is -0.494 e. The molecular formula is C36H47ClN9OP. The number of piperazine rings is 1. The summed E-state index contributed by atoms with van der Waals surface area (Å²) in [5.41, 5.74) is 7.37. The largest absolute Gasteiger partial charge is 0.494 e. The van der Waals surface area contributed by atoms with Crippen LogP contribution in [-0.2, 0) is 6.42 Å². The highest BCUT2D eigenvalue weighted by molar-refractivity contribution is 7.64. The number of benzene rings is 2. The molecule has 2 aromatic carbocycles. The van der Waals surface area contributed by atoms with Gasteiger partial charge in [0.2, 0.25) is 5.95 Å². The lowest BCUT2D eigenvalue weighted by Gasteiger charge is -2.43. The first-order chi connectivity index (χ1) is 23.2. The summed E-state index contributed by atoms with van der Waals surface area (Å²) in [7, 11) is 3.49. The van der Waals surface area contributed by atoms with Crippen LogP contribution in [0.2, 0.25) is 5.02 Å². The molecule has 10 nitrogen and oxygen atoms in total. The van der Waals surface area contributed by atoms with Gasteiger partial charge >= 0.3 is 0 Å². The minimum absolute atomic E-state index is 0.438. The Labute approximate surface area is 291 Å². The summed E-state index contributed by atoms with van der Waals surface area (Å²) in [4.78, 5) is 25.6. The van der Waals surface area contributed by atoms with Crippen LogP contribution in [0.1, 0.15) is 31.0 Å². The van der Waals surface area contributed by atoms with Gasteiger partial charge in [0.05, 0.1) is 19.0 Å². The third-order valence-corrected chi connectivity index (χ3v) is 11.2. The Morgan fingerprint density at radius 3 is 2.42 bits per heavy atom. The molecule has 48 heavy (non-hydrogen) atoms. The second-order valence-electron chi connectivity index (χ2n) is 12.9. The van der Waals surface area contributed by atoms with E-state index in [2.05, 4.69) is 97.9 Å². The molecule has 4 heterocycles. The Morgan fingerprint density at radius 1 is 0.958 bits per heavy atom. The summed E-state index contributed by atoms with van der Waals surface area (Å²) in [5, 5.41) is 8.56. The summed E-state index contributed by atoms with van der Waals surface area (Å²) in [6.07, 6.45) is 8.36. The Bertz CT molecular complexity index is 1720. The minimum atomic E-state index is -0.445. The first kappa shape index (κ1) is 34.3. The summed E-state index contributed by atoms with van der Waals surface area (Å²) >= 11 is 6.65. The highest BCUT2D eigenvalue weighted by atomic mass is 35.5. The zero-order valence-electron chi connectivity index (χ0n) is 28.9. The van der Waals surface area contributed by atoms with Gasteiger partial charge in [0.25, 0.3) is 0 Å². The molecule has 2 aliphatic rings. The van der Waals surface area contributed by atoms with Gasteiger partial charge in [-0.25, -0.2) is 15.0 Å². The molecule has 2 saturated heterocycles. The second-order valence-corrected chi connectivity index (χ2v) is 15.6. The first-order valence-corrected chi connectivity index (χ1v) is 19.4. The van der Waals surface area contributed by atoms with Gasteiger partial charge in [-0.2, -0.15) is 4.98 Å². The normalized spacial score (nSPS) is 16.4. The second kappa shape index (κ2) is 15.3. The number of piperidine rings is 1. The van der Waals surface area contributed by atoms with Crippen LogP contribution in [0, 0.1) is 6.92 Å². The number of likely N-dealkylation sites (N-methyl/N-ethyl adjacent to an activating group) is 1. The smallest absolute Gasteiger partial charge is 0.229 e. The van der Waals surface area contributed by atoms with E-state index in [0.717, 1.165) is 66.5 Å². The van der Waals surface area contributed by atoms with Crippen molar-refractivity contribution in [2.45, 2.75) is 39.2 Å². The maximum atomic E-state index is 6.65. The number of hydrogen-bond acceptors (Lipinski definition) is 10. The predicted octanol–water partition coefficient (Wildman–Crippen LogP) is 6.54. The molecule has 0 bridgehead atoms. The molecule has 6 rings (SSSR count). The fourth-order valence-electron chi connectivity index (χ4n) is 6.73. The maximum Gasteiger partial charge on any atom is 0.229 e. The van der Waals surface area contributed by atoms with Crippen molar-refractivity contribution in [3.05, 3.63) is 65.3 Å². The predicted molar refractivity (Wildman–Crippen MR) is 201 cm³/mol. The number of nitrogens with one attached hydrogen (secondary N) is 2. The molecule has 0 amide bonds. The molecular weight excluding hydrogens is 641 g/mol. The number of halogens is 1. The van der Waals surface area contributed by atoms with Gasteiger partial charge < -0.3 is 25.2 Å². The van der Waals surface area contributed by atoms with E-state index in [1.807, 2.05) is 13.1 Å². The van der Waals surface area contributed by atoms with Crippen molar-refractivity contribution in [2.24, 2.45) is 0 Å². The number of aryl methyl sites for hydroxylation is 2. The van der Waals surface area contributed by atoms with Crippen LogP contribution in [0.3, 0.4) is 0 Å². The number of aromatic nitrogens is 4. The number of rotatable bonds is 10. The molecule has 0 saturated carbocycles. The molecule has 0 radical (unpaired) electrons. The topological polar surface area (TPSA) is 94.6 Å². The molecule has 12 heteroatoms. The molecule has 254 valence electrons.